The van der Waals surface area contributed by atoms with Crippen LogP contribution in [0.3, 0.4) is 0 Å². The van der Waals surface area contributed by atoms with Gasteiger partial charge >= 0.3 is 0 Å². The molecule has 7 nitrogen and oxygen atoms in total. The highest BCUT2D eigenvalue weighted by atomic mass is 16.5. The second-order valence-electron chi connectivity index (χ2n) is 5.52. The van der Waals surface area contributed by atoms with Gasteiger partial charge in [0.25, 0.3) is 5.78 Å². The van der Waals surface area contributed by atoms with Crippen LogP contribution in [0.1, 0.15) is 55.3 Å². The smallest absolute Gasteiger partial charge is 0.252 e. The lowest BCUT2D eigenvalue weighted by Gasteiger charge is -2.17. The third-order valence-electron chi connectivity index (χ3n) is 4.00. The van der Waals surface area contributed by atoms with Gasteiger partial charge in [0.1, 0.15) is 6.33 Å². The van der Waals surface area contributed by atoms with Gasteiger partial charge in [0.05, 0.1) is 6.42 Å². The average molecular weight is 284 g/mol. The fraction of sp³-hybridized carbons (Fsp3) is 0.500. The Balaban J connectivity index is 1.52. The summed E-state index contributed by atoms with van der Waals surface area (Å²) in [6.07, 6.45) is 11.9. The van der Waals surface area contributed by atoms with E-state index in [9.17, 15) is 0 Å². The molecule has 108 valence electrons. The van der Waals surface area contributed by atoms with E-state index < -0.39 is 0 Å². The fourth-order valence-corrected chi connectivity index (χ4v) is 2.89. The topological polar surface area (TPSA) is 82.0 Å². The summed E-state index contributed by atoms with van der Waals surface area (Å²) >= 11 is 0. The molecule has 1 aliphatic rings. The minimum Gasteiger partial charge on any atom is -0.339 e. The molecule has 0 saturated heterocycles. The maximum absolute atomic E-state index is 5.38. The largest absolute Gasteiger partial charge is 0.339 e. The lowest BCUT2D eigenvalue weighted by atomic mass is 9.89. The van der Waals surface area contributed by atoms with Gasteiger partial charge in [0, 0.05) is 18.3 Å². The quantitative estimate of drug-likeness (QED) is 0.733. The molecule has 4 rings (SSSR count). The molecular formula is C14H16N6O. The minimum atomic E-state index is 0.465. The molecule has 3 aromatic heterocycles. The molecular weight excluding hydrogens is 268 g/mol. The van der Waals surface area contributed by atoms with Gasteiger partial charge in [-0.3, -0.25) is 0 Å². The SMILES string of the molecule is c1nc2ncc(Cc3nc(C4CCCCC4)no3)cn2n1. The van der Waals surface area contributed by atoms with Crippen LogP contribution in [0.25, 0.3) is 5.78 Å². The van der Waals surface area contributed by atoms with Crippen molar-refractivity contribution in [3.8, 4) is 0 Å². The van der Waals surface area contributed by atoms with Gasteiger partial charge in [-0.05, 0) is 18.4 Å². The van der Waals surface area contributed by atoms with Crippen LogP contribution in [0.15, 0.2) is 23.2 Å². The van der Waals surface area contributed by atoms with Gasteiger partial charge in [-0.1, -0.05) is 24.4 Å². The van der Waals surface area contributed by atoms with Crippen molar-refractivity contribution >= 4 is 5.78 Å². The summed E-state index contributed by atoms with van der Waals surface area (Å²) in [6.45, 7) is 0. The normalized spacial score (nSPS) is 16.6. The standard InChI is InChI=1S/C14H16N6O/c1-2-4-11(5-3-1)13-18-12(21-19-13)6-10-7-15-14-16-9-17-20(14)8-10/h7-9,11H,1-6H2. The van der Waals surface area contributed by atoms with Crippen LogP contribution >= 0.6 is 0 Å². The summed E-state index contributed by atoms with van der Waals surface area (Å²) in [6, 6.07) is 0. The summed E-state index contributed by atoms with van der Waals surface area (Å²) in [4.78, 5) is 12.8. The molecule has 21 heavy (non-hydrogen) atoms. The molecule has 0 aromatic carbocycles. The Hall–Kier alpha value is -2.31. The molecule has 7 heteroatoms. The lowest BCUT2D eigenvalue weighted by Crippen LogP contribution is -2.06. The minimum absolute atomic E-state index is 0.465. The van der Waals surface area contributed by atoms with Gasteiger partial charge in [0.2, 0.25) is 5.89 Å². The zero-order valence-electron chi connectivity index (χ0n) is 11.6. The van der Waals surface area contributed by atoms with Crippen LogP contribution in [0, 0.1) is 0 Å². The molecule has 1 aliphatic carbocycles. The van der Waals surface area contributed by atoms with Crippen molar-refractivity contribution in [2.24, 2.45) is 0 Å². The molecule has 0 radical (unpaired) electrons. The highest BCUT2D eigenvalue weighted by molar-refractivity contribution is 5.26. The van der Waals surface area contributed by atoms with Crippen LogP contribution in [0.4, 0.5) is 0 Å². The van der Waals surface area contributed by atoms with Crippen LogP contribution < -0.4 is 0 Å². The van der Waals surface area contributed by atoms with Crippen LogP contribution in [0.5, 0.6) is 0 Å². The van der Waals surface area contributed by atoms with E-state index in [0.717, 1.165) is 11.4 Å². The maximum Gasteiger partial charge on any atom is 0.252 e. The van der Waals surface area contributed by atoms with Gasteiger partial charge < -0.3 is 4.52 Å². The summed E-state index contributed by atoms with van der Waals surface area (Å²) < 4.78 is 7.03. The van der Waals surface area contributed by atoms with E-state index >= 15 is 0 Å². The Labute approximate surface area is 121 Å². The van der Waals surface area contributed by atoms with Crippen molar-refractivity contribution in [2.45, 2.75) is 44.4 Å². The van der Waals surface area contributed by atoms with Gasteiger partial charge in [-0.2, -0.15) is 15.1 Å². The molecule has 0 spiro atoms. The number of aromatic nitrogens is 6. The number of hydrogen-bond donors (Lipinski definition) is 0. The van der Waals surface area contributed by atoms with Gasteiger partial charge in [-0.25, -0.2) is 9.50 Å². The molecule has 0 bridgehead atoms. The Kier molecular flexibility index (Phi) is 3.10. The van der Waals surface area contributed by atoms with Crippen LogP contribution in [-0.4, -0.2) is 29.7 Å². The molecule has 0 aliphatic heterocycles. The van der Waals surface area contributed by atoms with Crippen molar-refractivity contribution in [3.05, 3.63) is 36.0 Å². The highest BCUT2D eigenvalue weighted by Gasteiger charge is 2.21. The van der Waals surface area contributed by atoms with Gasteiger partial charge in [0.15, 0.2) is 5.82 Å². The molecule has 0 unspecified atom stereocenters. The highest BCUT2D eigenvalue weighted by Crippen LogP contribution is 2.30. The van der Waals surface area contributed by atoms with Gasteiger partial charge in [-0.15, -0.1) is 0 Å². The summed E-state index contributed by atoms with van der Waals surface area (Å²) in [5, 5.41) is 8.22. The zero-order valence-corrected chi connectivity index (χ0v) is 11.6. The zero-order chi connectivity index (χ0) is 14.1. The monoisotopic (exact) mass is 284 g/mol. The maximum atomic E-state index is 5.38. The third-order valence-corrected chi connectivity index (χ3v) is 4.00. The average Bonchev–Trinajstić information content (AvgIpc) is 3.17. The first kappa shape index (κ1) is 12.4. The molecule has 3 heterocycles. The lowest BCUT2D eigenvalue weighted by molar-refractivity contribution is 0.362. The predicted molar refractivity (Wildman–Crippen MR) is 73.7 cm³/mol. The summed E-state index contributed by atoms with van der Waals surface area (Å²) in [5.41, 5.74) is 0.979. The van der Waals surface area contributed by atoms with E-state index in [1.165, 1.54) is 38.4 Å². The summed E-state index contributed by atoms with van der Waals surface area (Å²) in [5.74, 6) is 2.55. The van der Waals surface area contributed by atoms with E-state index in [2.05, 4.69) is 25.2 Å². The fourth-order valence-electron chi connectivity index (χ4n) is 2.89. The van der Waals surface area contributed by atoms with Crippen molar-refractivity contribution < 1.29 is 4.52 Å². The van der Waals surface area contributed by atoms with Crippen LogP contribution in [0.2, 0.25) is 0 Å². The van der Waals surface area contributed by atoms with Crippen LogP contribution in [-0.2, 0) is 6.42 Å². The first-order chi connectivity index (χ1) is 10.4. The Morgan fingerprint density at radius 1 is 1.19 bits per heavy atom. The van der Waals surface area contributed by atoms with Crippen molar-refractivity contribution in [1.29, 1.82) is 0 Å². The Morgan fingerprint density at radius 3 is 3.00 bits per heavy atom. The van der Waals surface area contributed by atoms with E-state index in [-0.39, 0.29) is 0 Å². The summed E-state index contributed by atoms with van der Waals surface area (Å²) in [7, 11) is 0. The van der Waals surface area contributed by atoms with E-state index in [4.69, 9.17) is 4.52 Å². The second-order valence-corrected chi connectivity index (χ2v) is 5.52. The van der Waals surface area contributed by atoms with E-state index in [1.807, 2.05) is 6.20 Å². The Bertz CT molecular complexity index is 743. The Morgan fingerprint density at radius 2 is 2.10 bits per heavy atom. The van der Waals surface area contributed by atoms with E-state index in [0.29, 0.717) is 24.0 Å². The number of hydrogen-bond acceptors (Lipinski definition) is 6. The van der Waals surface area contributed by atoms with Crippen molar-refractivity contribution in [3.63, 3.8) is 0 Å². The molecule has 0 atom stereocenters. The molecule has 1 fully saturated rings. The molecule has 1 saturated carbocycles. The first-order valence-electron chi connectivity index (χ1n) is 7.35. The predicted octanol–water partition coefficient (Wildman–Crippen LogP) is 2.15. The number of fused-ring (bicyclic) bond motifs is 1. The van der Waals surface area contributed by atoms with Crippen molar-refractivity contribution in [1.82, 2.24) is 29.7 Å². The third kappa shape index (κ3) is 2.51. The molecule has 0 N–H and O–H groups in total. The molecule has 3 aromatic rings. The number of nitrogens with zero attached hydrogens (tertiary/aromatic N) is 6. The van der Waals surface area contributed by atoms with Crippen molar-refractivity contribution in [2.75, 3.05) is 0 Å². The number of rotatable bonds is 3. The molecule has 0 amide bonds. The second kappa shape index (κ2) is 5.23. The first-order valence-corrected chi connectivity index (χ1v) is 7.35. The van der Waals surface area contributed by atoms with E-state index in [1.54, 1.807) is 10.7 Å².